The molecule has 2 aromatic rings. The molecule has 0 saturated heterocycles. The van der Waals surface area contributed by atoms with Gasteiger partial charge in [-0.25, -0.2) is 0 Å². The average molecular weight is 402 g/mol. The maximum Gasteiger partial charge on any atom is 0.353 e. The molecule has 7 nitrogen and oxygen atoms in total. The van der Waals surface area contributed by atoms with Crippen LogP contribution in [0.1, 0.15) is 37.4 Å². The lowest BCUT2D eigenvalue weighted by atomic mass is 9.82. The van der Waals surface area contributed by atoms with Gasteiger partial charge in [-0.1, -0.05) is 12.1 Å². The second-order valence-electron chi connectivity index (χ2n) is 5.91. The summed E-state index contributed by atoms with van der Waals surface area (Å²) in [7, 11) is 2.02. The maximum absolute atomic E-state index is 13.1. The second-order valence-corrected chi connectivity index (χ2v) is 8.02. The van der Waals surface area contributed by atoms with Gasteiger partial charge < -0.3 is 18.5 Å². The van der Waals surface area contributed by atoms with E-state index in [0.717, 1.165) is 0 Å². The van der Waals surface area contributed by atoms with Gasteiger partial charge in [0.15, 0.2) is 5.78 Å². The second kappa shape index (κ2) is 7.72. The van der Waals surface area contributed by atoms with Crippen molar-refractivity contribution in [1.29, 1.82) is 0 Å². The Morgan fingerprint density at radius 1 is 0.821 bits per heavy atom. The summed E-state index contributed by atoms with van der Waals surface area (Å²) >= 11 is 0. The van der Waals surface area contributed by atoms with Crippen LogP contribution in [0.25, 0.3) is 6.08 Å². The number of rotatable bonds is 6. The van der Waals surface area contributed by atoms with E-state index in [9.17, 15) is 14.2 Å². The topological polar surface area (TPSA) is 88.1 Å². The largest absolute Gasteiger partial charge is 0.496 e. The Bertz CT molecular complexity index is 1030. The van der Waals surface area contributed by atoms with E-state index in [1.54, 1.807) is 30.3 Å². The minimum Gasteiger partial charge on any atom is -0.496 e. The summed E-state index contributed by atoms with van der Waals surface area (Å²) < 4.78 is 32.6. The van der Waals surface area contributed by atoms with E-state index in [1.807, 2.05) is 0 Å². The molecule has 0 saturated carbocycles. The fraction of sp³-hybridized carbons (Fsp3) is 0.200. The Kier molecular flexibility index (Phi) is 5.52. The first-order valence-electron chi connectivity index (χ1n) is 8.28. The van der Waals surface area contributed by atoms with Crippen molar-refractivity contribution in [2.24, 2.45) is 0 Å². The van der Waals surface area contributed by atoms with E-state index in [1.165, 1.54) is 40.3 Å². The van der Waals surface area contributed by atoms with Crippen LogP contribution in [0.5, 0.6) is 11.5 Å². The molecule has 146 valence electrons. The monoisotopic (exact) mass is 402 g/mol. The Morgan fingerprint density at radius 3 is 2.07 bits per heavy atom. The Hall–Kier alpha value is -2.73. The van der Waals surface area contributed by atoms with Gasteiger partial charge in [-0.3, -0.25) is 14.2 Å². The van der Waals surface area contributed by atoms with Crippen molar-refractivity contribution in [2.45, 2.75) is 0 Å². The van der Waals surface area contributed by atoms with Gasteiger partial charge in [0.25, 0.3) is 0 Å². The molecule has 0 atom stereocenters. The van der Waals surface area contributed by atoms with Gasteiger partial charge in [-0.15, -0.1) is 0 Å². The highest BCUT2D eigenvalue weighted by atomic mass is 31.2. The van der Waals surface area contributed by atoms with Gasteiger partial charge >= 0.3 is 7.60 Å². The summed E-state index contributed by atoms with van der Waals surface area (Å²) in [5.41, 5.74) is 1.36. The number of carbonyl (C=O) groups excluding carboxylic acids is 2. The van der Waals surface area contributed by atoms with Crippen LogP contribution in [-0.2, 0) is 13.6 Å². The van der Waals surface area contributed by atoms with Crippen LogP contribution in [0, 0.1) is 0 Å². The van der Waals surface area contributed by atoms with Crippen molar-refractivity contribution in [3.8, 4) is 11.5 Å². The van der Waals surface area contributed by atoms with Crippen LogP contribution >= 0.6 is 7.60 Å². The van der Waals surface area contributed by atoms with E-state index in [0.29, 0.717) is 11.3 Å². The third-order valence-corrected chi connectivity index (χ3v) is 6.02. The minimum atomic E-state index is -3.38. The Morgan fingerprint density at radius 2 is 1.46 bits per heavy atom. The highest BCUT2D eigenvalue weighted by Crippen LogP contribution is 2.48. The van der Waals surface area contributed by atoms with Crippen LogP contribution in [-0.4, -0.2) is 40.0 Å². The molecule has 0 spiro atoms. The molecule has 2 aromatic carbocycles. The van der Waals surface area contributed by atoms with Gasteiger partial charge in [-0.2, -0.15) is 0 Å². The molecule has 0 radical (unpaired) electrons. The summed E-state index contributed by atoms with van der Waals surface area (Å²) in [6.07, 6.45) is 1.50. The molecule has 28 heavy (non-hydrogen) atoms. The zero-order valence-electron chi connectivity index (χ0n) is 15.8. The number of methoxy groups -OCH3 is 2. The first-order chi connectivity index (χ1) is 13.4. The highest BCUT2D eigenvalue weighted by Gasteiger charge is 2.35. The number of carbonyl (C=O) groups is 2. The SMILES string of the molecule is COc1cccc2c1C(=O)c1c(OC)cc(C=CP(=O)(OC)OC)cc1C2=O. The van der Waals surface area contributed by atoms with Crippen LogP contribution in [0.3, 0.4) is 0 Å². The van der Waals surface area contributed by atoms with E-state index in [4.69, 9.17) is 18.5 Å². The summed E-state index contributed by atoms with van der Waals surface area (Å²) in [4.78, 5) is 26.2. The van der Waals surface area contributed by atoms with Crippen LogP contribution in [0.2, 0.25) is 0 Å². The number of hydrogen-bond donors (Lipinski definition) is 0. The quantitative estimate of drug-likeness (QED) is 0.577. The summed E-state index contributed by atoms with van der Waals surface area (Å²) in [6.45, 7) is 0. The van der Waals surface area contributed by atoms with Crippen molar-refractivity contribution >= 4 is 25.2 Å². The predicted octanol–water partition coefficient (Wildman–Crippen LogP) is 3.94. The molecule has 0 heterocycles. The third kappa shape index (κ3) is 3.29. The molecule has 1 aliphatic rings. The molecule has 0 aromatic heterocycles. The van der Waals surface area contributed by atoms with Crippen LogP contribution < -0.4 is 9.47 Å². The van der Waals surface area contributed by atoms with Crippen LogP contribution in [0.15, 0.2) is 36.1 Å². The standard InChI is InChI=1S/C20H19O7P/c1-24-15-7-5-6-13-17(15)20(22)18-14(19(13)21)10-12(11-16(18)25-2)8-9-28(23,26-3)27-4/h5-11H,1-4H3. The van der Waals surface area contributed by atoms with Crippen molar-refractivity contribution in [3.05, 3.63) is 64.0 Å². The molecule has 1 aliphatic carbocycles. The molecule has 3 rings (SSSR count). The first-order valence-corrected chi connectivity index (χ1v) is 9.89. The van der Waals surface area contributed by atoms with Crippen molar-refractivity contribution in [3.63, 3.8) is 0 Å². The molecule has 0 amide bonds. The van der Waals surface area contributed by atoms with Gasteiger partial charge in [0.2, 0.25) is 5.78 Å². The Balaban J connectivity index is 2.18. The van der Waals surface area contributed by atoms with Crippen molar-refractivity contribution in [2.75, 3.05) is 28.4 Å². The van der Waals surface area contributed by atoms with Crippen molar-refractivity contribution < 1.29 is 32.7 Å². The fourth-order valence-corrected chi connectivity index (χ4v) is 3.82. The van der Waals surface area contributed by atoms with Gasteiger partial charge in [-0.05, 0) is 29.8 Å². The third-order valence-electron chi connectivity index (χ3n) is 4.49. The zero-order valence-corrected chi connectivity index (χ0v) is 16.7. The number of ether oxygens (including phenoxy) is 2. The Labute approximate surface area is 162 Å². The molecule has 0 N–H and O–H groups in total. The van der Waals surface area contributed by atoms with E-state index in [-0.39, 0.29) is 39.6 Å². The maximum atomic E-state index is 13.1. The van der Waals surface area contributed by atoms with Gasteiger partial charge in [0.05, 0.1) is 25.3 Å². The van der Waals surface area contributed by atoms with Gasteiger partial charge in [0.1, 0.15) is 11.5 Å². The molecule has 0 bridgehead atoms. The fourth-order valence-electron chi connectivity index (χ4n) is 3.08. The normalized spacial score (nSPS) is 13.4. The van der Waals surface area contributed by atoms with Gasteiger partial charge in [0, 0.05) is 31.2 Å². The molecule has 0 unspecified atom stereocenters. The number of benzene rings is 2. The minimum absolute atomic E-state index is 0.170. The first kappa shape index (κ1) is 20.0. The molecule has 0 fully saturated rings. The average Bonchev–Trinajstić information content (AvgIpc) is 2.74. The van der Waals surface area contributed by atoms with E-state index >= 15 is 0 Å². The molecular formula is C20H19O7P. The zero-order chi connectivity index (χ0) is 20.5. The van der Waals surface area contributed by atoms with E-state index < -0.39 is 7.60 Å². The molecular weight excluding hydrogens is 383 g/mol. The summed E-state index contributed by atoms with van der Waals surface area (Å²) in [5.74, 6) is 1.17. The summed E-state index contributed by atoms with van der Waals surface area (Å²) in [6, 6.07) is 8.00. The number of ketones is 2. The molecule has 0 aliphatic heterocycles. The lowest BCUT2D eigenvalue weighted by Gasteiger charge is -2.22. The summed E-state index contributed by atoms with van der Waals surface area (Å²) in [5, 5.41) is 0. The van der Waals surface area contributed by atoms with Crippen LogP contribution in [0.4, 0.5) is 0 Å². The van der Waals surface area contributed by atoms with Crippen molar-refractivity contribution in [1.82, 2.24) is 0 Å². The number of hydrogen-bond acceptors (Lipinski definition) is 7. The molecule has 8 heteroatoms. The van der Waals surface area contributed by atoms with E-state index in [2.05, 4.69) is 0 Å². The predicted molar refractivity (Wildman–Crippen MR) is 104 cm³/mol. The smallest absolute Gasteiger partial charge is 0.353 e. The highest BCUT2D eigenvalue weighted by molar-refractivity contribution is 7.57. The lowest BCUT2D eigenvalue weighted by Crippen LogP contribution is -2.22. The number of fused-ring (bicyclic) bond motifs is 2. The lowest BCUT2D eigenvalue weighted by molar-refractivity contribution is 0.0974.